The number of hydrogen-bond donors (Lipinski definition) is 2. The number of nitrogens with one attached hydrogen (secondary N) is 1. The Balaban J connectivity index is 1.92. The van der Waals surface area contributed by atoms with Gasteiger partial charge in [0, 0.05) is 19.5 Å². The normalized spacial score (nSPS) is 27.8. The standard InChI is InChI=1S/C15H27N3O2/c1-2-6-15(7-3-8-17-15)14(20)18-9-4-12(5-10-18)11-13(16)19/h12,17H,2-11H2,1H3,(H2,16,19). The third-order valence-corrected chi connectivity index (χ3v) is 4.72. The molecule has 2 amide bonds. The van der Waals surface area contributed by atoms with Gasteiger partial charge >= 0.3 is 0 Å². The molecule has 2 fully saturated rings. The van der Waals surface area contributed by atoms with E-state index in [1.54, 1.807) is 0 Å². The number of nitrogens with zero attached hydrogens (tertiary/aromatic N) is 1. The third-order valence-electron chi connectivity index (χ3n) is 4.72. The van der Waals surface area contributed by atoms with Crippen molar-refractivity contribution in [3.63, 3.8) is 0 Å². The molecule has 1 atom stereocenters. The van der Waals surface area contributed by atoms with Crippen LogP contribution in [0.2, 0.25) is 0 Å². The van der Waals surface area contributed by atoms with Crippen molar-refractivity contribution in [3.8, 4) is 0 Å². The first-order chi connectivity index (χ1) is 9.57. The van der Waals surface area contributed by atoms with Crippen LogP contribution in [0.1, 0.15) is 51.9 Å². The zero-order chi connectivity index (χ0) is 14.6. The molecule has 2 rings (SSSR count). The molecule has 5 nitrogen and oxygen atoms in total. The van der Waals surface area contributed by atoms with Crippen LogP contribution in [-0.2, 0) is 9.59 Å². The molecule has 2 heterocycles. The monoisotopic (exact) mass is 281 g/mol. The summed E-state index contributed by atoms with van der Waals surface area (Å²) in [6.45, 7) is 4.62. The van der Waals surface area contributed by atoms with Gasteiger partial charge in [-0.25, -0.2) is 0 Å². The highest BCUT2D eigenvalue weighted by atomic mass is 16.2. The van der Waals surface area contributed by atoms with Crippen LogP contribution in [0.4, 0.5) is 0 Å². The number of carbonyl (C=O) groups excluding carboxylic acids is 2. The largest absolute Gasteiger partial charge is 0.370 e. The van der Waals surface area contributed by atoms with E-state index in [0.717, 1.165) is 58.2 Å². The third kappa shape index (κ3) is 3.32. The topological polar surface area (TPSA) is 75.4 Å². The molecular formula is C15H27N3O2. The lowest BCUT2D eigenvalue weighted by molar-refractivity contribution is -0.139. The molecule has 0 radical (unpaired) electrons. The Bertz CT molecular complexity index is 356. The highest BCUT2D eigenvalue weighted by Crippen LogP contribution is 2.29. The number of likely N-dealkylation sites (tertiary alicyclic amines) is 1. The molecule has 0 aromatic carbocycles. The van der Waals surface area contributed by atoms with Crippen molar-refractivity contribution in [2.75, 3.05) is 19.6 Å². The van der Waals surface area contributed by atoms with Crippen molar-refractivity contribution in [1.82, 2.24) is 10.2 Å². The van der Waals surface area contributed by atoms with Gasteiger partial charge in [0.15, 0.2) is 0 Å². The Morgan fingerprint density at radius 3 is 2.55 bits per heavy atom. The van der Waals surface area contributed by atoms with Gasteiger partial charge < -0.3 is 16.0 Å². The van der Waals surface area contributed by atoms with Crippen LogP contribution >= 0.6 is 0 Å². The van der Waals surface area contributed by atoms with Crippen LogP contribution < -0.4 is 11.1 Å². The Hall–Kier alpha value is -1.10. The molecular weight excluding hydrogens is 254 g/mol. The number of hydrogen-bond acceptors (Lipinski definition) is 3. The first-order valence-electron chi connectivity index (χ1n) is 7.90. The lowest BCUT2D eigenvalue weighted by atomic mass is 9.87. The predicted molar refractivity (Wildman–Crippen MR) is 78.0 cm³/mol. The molecule has 0 aromatic rings. The number of piperidine rings is 1. The Labute approximate surface area is 121 Å². The van der Waals surface area contributed by atoms with Gasteiger partial charge in [-0.1, -0.05) is 13.3 Å². The van der Waals surface area contributed by atoms with Crippen LogP contribution in [0.5, 0.6) is 0 Å². The second-order valence-corrected chi connectivity index (χ2v) is 6.27. The van der Waals surface area contributed by atoms with Gasteiger partial charge in [0.2, 0.25) is 11.8 Å². The van der Waals surface area contributed by atoms with Crippen molar-refractivity contribution in [3.05, 3.63) is 0 Å². The van der Waals surface area contributed by atoms with Crippen molar-refractivity contribution in [2.24, 2.45) is 11.7 Å². The van der Waals surface area contributed by atoms with Crippen LogP contribution in [0.15, 0.2) is 0 Å². The van der Waals surface area contributed by atoms with Gasteiger partial charge in [-0.15, -0.1) is 0 Å². The molecule has 0 spiro atoms. The van der Waals surface area contributed by atoms with E-state index >= 15 is 0 Å². The predicted octanol–water partition coefficient (Wildman–Crippen LogP) is 1.02. The number of rotatable bonds is 5. The first-order valence-corrected chi connectivity index (χ1v) is 7.90. The van der Waals surface area contributed by atoms with Crippen molar-refractivity contribution < 1.29 is 9.59 Å². The Kier molecular flexibility index (Phi) is 5.02. The van der Waals surface area contributed by atoms with E-state index in [-0.39, 0.29) is 17.4 Å². The summed E-state index contributed by atoms with van der Waals surface area (Å²) >= 11 is 0. The first kappa shape index (κ1) is 15.3. The van der Waals surface area contributed by atoms with Gasteiger partial charge in [-0.2, -0.15) is 0 Å². The second-order valence-electron chi connectivity index (χ2n) is 6.27. The summed E-state index contributed by atoms with van der Waals surface area (Å²) < 4.78 is 0. The molecule has 0 aromatic heterocycles. The maximum absolute atomic E-state index is 12.8. The van der Waals surface area contributed by atoms with Crippen molar-refractivity contribution in [1.29, 1.82) is 0 Å². The fraction of sp³-hybridized carbons (Fsp3) is 0.867. The molecule has 3 N–H and O–H groups in total. The number of carbonyl (C=O) groups is 2. The summed E-state index contributed by atoms with van der Waals surface area (Å²) in [5, 5.41) is 3.45. The minimum absolute atomic E-state index is 0.227. The lowest BCUT2D eigenvalue weighted by Crippen LogP contribution is -2.56. The summed E-state index contributed by atoms with van der Waals surface area (Å²) in [4.78, 5) is 25.8. The average Bonchev–Trinajstić information content (AvgIpc) is 2.88. The maximum atomic E-state index is 12.8. The van der Waals surface area contributed by atoms with Crippen molar-refractivity contribution in [2.45, 2.75) is 57.4 Å². The molecule has 0 bridgehead atoms. The number of nitrogens with two attached hydrogens (primary N) is 1. The van der Waals surface area contributed by atoms with E-state index in [0.29, 0.717) is 12.3 Å². The molecule has 2 aliphatic heterocycles. The van der Waals surface area contributed by atoms with E-state index in [4.69, 9.17) is 5.73 Å². The zero-order valence-electron chi connectivity index (χ0n) is 12.5. The molecule has 2 saturated heterocycles. The van der Waals surface area contributed by atoms with E-state index in [9.17, 15) is 9.59 Å². The summed E-state index contributed by atoms with van der Waals surface area (Å²) in [5.74, 6) is 0.402. The number of amides is 2. The highest BCUT2D eigenvalue weighted by molar-refractivity contribution is 5.87. The van der Waals surface area contributed by atoms with Crippen molar-refractivity contribution >= 4 is 11.8 Å². The van der Waals surface area contributed by atoms with E-state index in [1.165, 1.54) is 0 Å². The van der Waals surface area contributed by atoms with Gasteiger partial charge in [0.05, 0.1) is 5.54 Å². The number of primary amides is 1. The minimum Gasteiger partial charge on any atom is -0.370 e. The van der Waals surface area contributed by atoms with Crippen LogP contribution in [0.3, 0.4) is 0 Å². The highest BCUT2D eigenvalue weighted by Gasteiger charge is 2.43. The van der Waals surface area contributed by atoms with Crippen LogP contribution in [0, 0.1) is 5.92 Å². The molecule has 0 saturated carbocycles. The molecule has 1 unspecified atom stereocenters. The SMILES string of the molecule is CCCC1(C(=O)N2CCC(CC(N)=O)CC2)CCCN1. The smallest absolute Gasteiger partial charge is 0.242 e. The molecule has 114 valence electrons. The van der Waals surface area contributed by atoms with E-state index < -0.39 is 0 Å². The van der Waals surface area contributed by atoms with Gasteiger partial charge in [0.25, 0.3) is 0 Å². The minimum atomic E-state index is -0.314. The summed E-state index contributed by atoms with van der Waals surface area (Å²) in [6.07, 6.45) is 6.25. The van der Waals surface area contributed by atoms with E-state index in [1.807, 2.05) is 4.90 Å². The van der Waals surface area contributed by atoms with Gasteiger partial charge in [-0.05, 0) is 44.6 Å². The van der Waals surface area contributed by atoms with E-state index in [2.05, 4.69) is 12.2 Å². The quantitative estimate of drug-likeness (QED) is 0.790. The Morgan fingerprint density at radius 1 is 1.35 bits per heavy atom. The molecule has 0 aliphatic carbocycles. The fourth-order valence-electron chi connectivity index (χ4n) is 3.66. The second kappa shape index (κ2) is 6.57. The maximum Gasteiger partial charge on any atom is 0.242 e. The fourth-order valence-corrected chi connectivity index (χ4v) is 3.66. The summed E-state index contributed by atoms with van der Waals surface area (Å²) in [5.41, 5.74) is 4.93. The zero-order valence-corrected chi connectivity index (χ0v) is 12.5. The van der Waals surface area contributed by atoms with Crippen LogP contribution in [0.25, 0.3) is 0 Å². The lowest BCUT2D eigenvalue weighted by Gasteiger charge is -2.38. The summed E-state index contributed by atoms with van der Waals surface area (Å²) in [6, 6.07) is 0. The van der Waals surface area contributed by atoms with Crippen LogP contribution in [-0.4, -0.2) is 41.9 Å². The van der Waals surface area contributed by atoms with Gasteiger partial charge in [0.1, 0.15) is 0 Å². The molecule has 2 aliphatic rings. The average molecular weight is 281 g/mol. The summed E-state index contributed by atoms with van der Waals surface area (Å²) in [7, 11) is 0. The molecule has 5 heteroatoms. The molecule has 20 heavy (non-hydrogen) atoms. The Morgan fingerprint density at radius 2 is 2.05 bits per heavy atom. The van der Waals surface area contributed by atoms with Gasteiger partial charge in [-0.3, -0.25) is 9.59 Å².